The molecule has 1 aliphatic heterocycles. The lowest BCUT2D eigenvalue weighted by Crippen LogP contribution is -2.41. The van der Waals surface area contributed by atoms with Gasteiger partial charge >= 0.3 is 0 Å². The molecule has 0 atom stereocenters. The number of piperidine rings is 1. The molecule has 1 fully saturated rings. The Morgan fingerprint density at radius 1 is 1.14 bits per heavy atom. The molecule has 6 heteroatoms. The van der Waals surface area contributed by atoms with Crippen molar-refractivity contribution in [2.75, 3.05) is 25.0 Å². The maximum atomic E-state index is 13.7. The Balaban J connectivity index is 1.56. The summed E-state index contributed by atoms with van der Waals surface area (Å²) in [7, 11) is 0.524. The number of aromatic nitrogens is 1. The highest BCUT2D eigenvalue weighted by Crippen LogP contribution is 2.37. The van der Waals surface area contributed by atoms with Gasteiger partial charge in [0.05, 0.1) is 16.8 Å². The van der Waals surface area contributed by atoms with Crippen LogP contribution in [0.1, 0.15) is 56.7 Å². The van der Waals surface area contributed by atoms with Crippen molar-refractivity contribution in [3.63, 3.8) is 0 Å². The van der Waals surface area contributed by atoms with Crippen LogP contribution in [-0.4, -0.2) is 45.0 Å². The monoisotopic (exact) mass is 480 g/mol. The summed E-state index contributed by atoms with van der Waals surface area (Å²) < 4.78 is 0. The van der Waals surface area contributed by atoms with Gasteiger partial charge in [-0.2, -0.15) is 5.26 Å². The van der Waals surface area contributed by atoms with Crippen LogP contribution in [0.25, 0.3) is 10.9 Å². The van der Waals surface area contributed by atoms with Gasteiger partial charge in [0, 0.05) is 53.3 Å². The van der Waals surface area contributed by atoms with Crippen LogP contribution in [0.15, 0.2) is 24.3 Å². The zero-order valence-corrected chi connectivity index (χ0v) is 22.2. The summed E-state index contributed by atoms with van der Waals surface area (Å²) in [5, 5.41) is 14.3. The summed E-state index contributed by atoms with van der Waals surface area (Å²) in [6.45, 7) is 10.6. The molecular weight excluding hydrogens is 448 g/mol. The van der Waals surface area contributed by atoms with Crippen LogP contribution in [0.5, 0.6) is 0 Å². The molecule has 1 aliphatic carbocycles. The molecule has 0 bridgehead atoms. The first-order valence-corrected chi connectivity index (χ1v) is 15.9. The molecule has 2 N–H and O–H groups in total. The Hall–Kier alpha value is -3.32. The van der Waals surface area contributed by atoms with Gasteiger partial charge in [0.2, 0.25) is 0 Å². The van der Waals surface area contributed by atoms with Gasteiger partial charge in [0.25, 0.3) is 0 Å². The van der Waals surface area contributed by atoms with Gasteiger partial charge in [0.1, 0.15) is 14.1 Å². The number of hydrogen-bond acceptors (Lipinski definition) is 4. The van der Waals surface area contributed by atoms with Crippen molar-refractivity contribution in [1.29, 1.82) is 5.26 Å². The Labute approximate surface area is 208 Å². The van der Waals surface area contributed by atoms with Crippen molar-refractivity contribution < 1.29 is 4.79 Å². The zero-order valence-electron chi connectivity index (χ0n) is 21.2. The number of hydrogen-bond donors (Lipinski definition) is 2. The molecule has 5 rings (SSSR count). The lowest BCUT2D eigenvalue weighted by molar-refractivity contribution is 0.103. The number of nitrogens with zero attached hydrogens (tertiary/aromatic N) is 2. The van der Waals surface area contributed by atoms with Gasteiger partial charge in [-0.15, -0.1) is 5.54 Å². The number of rotatable bonds is 2. The van der Waals surface area contributed by atoms with Crippen LogP contribution in [0.4, 0.5) is 5.69 Å². The van der Waals surface area contributed by atoms with Crippen LogP contribution in [0.3, 0.4) is 0 Å². The molecule has 0 amide bonds. The van der Waals surface area contributed by atoms with Crippen LogP contribution in [-0.2, 0) is 6.42 Å². The number of H-pyrrole nitrogens is 1. The average Bonchev–Trinajstić information content (AvgIpc) is 3.21. The van der Waals surface area contributed by atoms with Gasteiger partial charge in [0.15, 0.2) is 5.78 Å². The summed E-state index contributed by atoms with van der Waals surface area (Å²) in [5.41, 5.74) is 11.3. The molecule has 1 saturated heterocycles. The molecule has 2 aromatic carbocycles. The molecule has 5 nitrogen and oxygen atoms in total. The molecule has 178 valence electrons. The van der Waals surface area contributed by atoms with Crippen molar-refractivity contribution in [1.82, 2.24) is 10.3 Å². The van der Waals surface area contributed by atoms with E-state index in [0.29, 0.717) is 23.6 Å². The third-order valence-electron chi connectivity index (χ3n) is 7.18. The first-order valence-electron chi connectivity index (χ1n) is 12.4. The predicted molar refractivity (Wildman–Crippen MR) is 145 cm³/mol. The number of aryl methyl sites for hydroxylation is 1. The summed E-state index contributed by atoms with van der Waals surface area (Å²) in [6, 6.07) is 10.9. The summed E-state index contributed by atoms with van der Waals surface area (Å²) in [4.78, 5) is 19.6. The van der Waals surface area contributed by atoms with Crippen molar-refractivity contribution in [2.24, 2.45) is 0 Å². The standard InChI is InChI=1S/C29H32N4OSi/c1-18-12-19(8-11-35(3,4)5)13-24-27(18)28-25(32-24)15-20-16-26(21(17-30)14-23(20)29(28)34)33-9-6-22(31-2)7-10-33/h12-14,16,22,31-32H,6-7,9-10,15H2,1-5H3. The van der Waals surface area contributed by atoms with Crippen LogP contribution in [0, 0.1) is 29.7 Å². The number of carbonyl (C=O) groups is 1. The molecule has 3 aromatic rings. The Kier molecular flexibility index (Phi) is 5.83. The van der Waals surface area contributed by atoms with Crippen molar-refractivity contribution >= 4 is 30.4 Å². The number of nitriles is 1. The third-order valence-corrected chi connectivity index (χ3v) is 8.05. The van der Waals surface area contributed by atoms with Crippen molar-refractivity contribution in [3.8, 4) is 17.5 Å². The van der Waals surface area contributed by atoms with Gasteiger partial charge in [-0.3, -0.25) is 4.79 Å². The quantitative estimate of drug-likeness (QED) is 0.316. The minimum atomic E-state index is -1.48. The van der Waals surface area contributed by atoms with E-state index in [1.165, 1.54) is 0 Å². The Morgan fingerprint density at radius 3 is 2.54 bits per heavy atom. The molecule has 0 saturated carbocycles. The molecule has 2 aliphatic rings. The average molecular weight is 481 g/mol. The number of carbonyl (C=O) groups excluding carboxylic acids is 1. The highest BCUT2D eigenvalue weighted by molar-refractivity contribution is 6.83. The number of nitrogens with one attached hydrogen (secondary N) is 2. The van der Waals surface area contributed by atoms with Crippen LogP contribution in [0.2, 0.25) is 19.6 Å². The third kappa shape index (κ3) is 4.29. The highest BCUT2D eigenvalue weighted by atomic mass is 28.3. The van der Waals surface area contributed by atoms with E-state index in [9.17, 15) is 10.1 Å². The van der Waals surface area contributed by atoms with E-state index in [1.54, 1.807) is 0 Å². The molecule has 1 aromatic heterocycles. The second-order valence-electron chi connectivity index (χ2n) is 10.9. The van der Waals surface area contributed by atoms with E-state index in [4.69, 9.17) is 0 Å². The number of anilines is 1. The number of ketones is 1. The molecular formula is C29H32N4OSi. The van der Waals surface area contributed by atoms with E-state index in [2.05, 4.69) is 77.5 Å². The maximum absolute atomic E-state index is 13.7. The lowest BCUT2D eigenvalue weighted by atomic mass is 9.85. The summed E-state index contributed by atoms with van der Waals surface area (Å²) in [5.74, 6) is 3.36. The second kappa shape index (κ2) is 8.72. The molecule has 0 radical (unpaired) electrons. The van der Waals surface area contributed by atoms with E-state index in [1.807, 2.05) is 13.1 Å². The van der Waals surface area contributed by atoms with Gasteiger partial charge < -0.3 is 15.2 Å². The fraction of sp³-hybridized carbons (Fsp3) is 0.379. The first-order chi connectivity index (χ1) is 16.7. The number of fused-ring (bicyclic) bond motifs is 4. The van der Waals surface area contributed by atoms with E-state index in [0.717, 1.165) is 70.5 Å². The fourth-order valence-corrected chi connectivity index (χ4v) is 5.90. The maximum Gasteiger partial charge on any atom is 0.195 e. The SMILES string of the molecule is CNC1CCN(c2cc3c(cc2C#N)C(=O)c2c([nH]c4cc(C#C[Si](C)(C)C)cc(C)c24)C3)CC1. The zero-order chi connectivity index (χ0) is 24.9. The minimum Gasteiger partial charge on any atom is -0.370 e. The normalized spacial score (nSPS) is 15.9. The van der Waals surface area contributed by atoms with E-state index in [-0.39, 0.29) is 5.78 Å². The summed E-state index contributed by atoms with van der Waals surface area (Å²) >= 11 is 0. The van der Waals surface area contributed by atoms with Crippen LogP contribution >= 0.6 is 0 Å². The molecule has 35 heavy (non-hydrogen) atoms. The predicted octanol–water partition coefficient (Wildman–Crippen LogP) is 4.90. The number of aromatic amines is 1. The minimum absolute atomic E-state index is 0.00785. The van der Waals surface area contributed by atoms with Crippen molar-refractivity contribution in [3.05, 3.63) is 63.3 Å². The van der Waals surface area contributed by atoms with Crippen molar-refractivity contribution in [2.45, 2.75) is 51.9 Å². The topological polar surface area (TPSA) is 71.9 Å². The first kappa shape index (κ1) is 23.4. The fourth-order valence-electron chi connectivity index (χ4n) is 5.38. The smallest absolute Gasteiger partial charge is 0.195 e. The van der Waals surface area contributed by atoms with Gasteiger partial charge in [-0.1, -0.05) is 25.6 Å². The largest absolute Gasteiger partial charge is 0.370 e. The van der Waals surface area contributed by atoms with E-state index >= 15 is 0 Å². The van der Waals surface area contributed by atoms with E-state index < -0.39 is 8.07 Å². The molecule has 2 heterocycles. The molecule has 0 unspecified atom stereocenters. The Bertz CT molecular complexity index is 1450. The van der Waals surface area contributed by atoms with Crippen LogP contribution < -0.4 is 10.2 Å². The highest BCUT2D eigenvalue weighted by Gasteiger charge is 2.30. The second-order valence-corrected chi connectivity index (χ2v) is 15.6. The Morgan fingerprint density at radius 2 is 1.89 bits per heavy atom. The molecule has 0 spiro atoms. The number of benzene rings is 2. The van der Waals surface area contributed by atoms with Gasteiger partial charge in [-0.05, 0) is 62.2 Å². The lowest BCUT2D eigenvalue weighted by Gasteiger charge is -2.34. The van der Waals surface area contributed by atoms with Gasteiger partial charge in [-0.25, -0.2) is 0 Å². The summed E-state index contributed by atoms with van der Waals surface area (Å²) in [6.07, 6.45) is 2.75.